The van der Waals surface area contributed by atoms with Crippen molar-refractivity contribution in [2.24, 2.45) is 5.73 Å². The van der Waals surface area contributed by atoms with Gasteiger partial charge < -0.3 is 5.73 Å². The van der Waals surface area contributed by atoms with Crippen LogP contribution in [0.15, 0.2) is 4.90 Å². The zero-order valence-electron chi connectivity index (χ0n) is 11.6. The molecule has 1 rings (SSSR count). The predicted octanol–water partition coefficient (Wildman–Crippen LogP) is 0.488. The van der Waals surface area contributed by atoms with Crippen LogP contribution in [0.5, 0.6) is 0 Å². The van der Waals surface area contributed by atoms with Crippen LogP contribution in [0.25, 0.3) is 0 Å². The third-order valence-corrected chi connectivity index (χ3v) is 5.31. The summed E-state index contributed by atoms with van der Waals surface area (Å²) in [6.45, 7) is 8.10. The van der Waals surface area contributed by atoms with Gasteiger partial charge in [0, 0.05) is 19.6 Å². The minimum absolute atomic E-state index is 0.0911. The van der Waals surface area contributed by atoms with Crippen molar-refractivity contribution in [2.45, 2.75) is 45.2 Å². The summed E-state index contributed by atoms with van der Waals surface area (Å²) in [5, 5.41) is 4.24. The Morgan fingerprint density at radius 2 is 1.94 bits per heavy atom. The van der Waals surface area contributed by atoms with Gasteiger partial charge in [0.1, 0.15) is 4.90 Å². The van der Waals surface area contributed by atoms with Gasteiger partial charge in [-0.05, 0) is 27.7 Å². The first-order valence-electron chi connectivity index (χ1n) is 5.95. The molecular formula is C11H22N4O2S. The SMILES string of the molecule is Cc1nn(CCN)c(C)c1S(=O)(=O)N(C)C(C)C. The molecule has 0 aliphatic heterocycles. The standard InChI is InChI=1S/C11H22N4O2S/c1-8(2)14(5)18(16,17)11-9(3)13-15(7-6-12)10(11)4/h8H,6-7,12H2,1-5H3. The number of aromatic nitrogens is 2. The lowest BCUT2D eigenvalue weighted by Crippen LogP contribution is -2.33. The largest absolute Gasteiger partial charge is 0.329 e. The number of hydrogen-bond donors (Lipinski definition) is 1. The molecule has 2 N–H and O–H groups in total. The first-order valence-corrected chi connectivity index (χ1v) is 7.39. The van der Waals surface area contributed by atoms with Crippen LogP contribution in [-0.2, 0) is 16.6 Å². The maximum Gasteiger partial charge on any atom is 0.246 e. The Labute approximate surface area is 109 Å². The molecule has 6 nitrogen and oxygen atoms in total. The quantitative estimate of drug-likeness (QED) is 0.847. The summed E-state index contributed by atoms with van der Waals surface area (Å²) < 4.78 is 28.0. The Hall–Kier alpha value is -0.920. The van der Waals surface area contributed by atoms with Gasteiger partial charge in [0.25, 0.3) is 0 Å². The lowest BCUT2D eigenvalue weighted by atomic mass is 10.4. The van der Waals surface area contributed by atoms with Crippen molar-refractivity contribution < 1.29 is 8.42 Å². The lowest BCUT2D eigenvalue weighted by molar-refractivity contribution is 0.410. The van der Waals surface area contributed by atoms with Crippen LogP contribution >= 0.6 is 0 Å². The van der Waals surface area contributed by atoms with Crippen molar-refractivity contribution >= 4 is 10.0 Å². The van der Waals surface area contributed by atoms with Gasteiger partial charge in [0.2, 0.25) is 10.0 Å². The molecule has 1 aromatic heterocycles. The van der Waals surface area contributed by atoms with Gasteiger partial charge in [0.15, 0.2) is 0 Å². The van der Waals surface area contributed by atoms with E-state index in [0.717, 1.165) is 0 Å². The van der Waals surface area contributed by atoms with E-state index in [9.17, 15) is 8.42 Å². The Bertz CT molecular complexity index is 519. The first-order chi connectivity index (χ1) is 8.23. The molecule has 0 aliphatic rings. The summed E-state index contributed by atoms with van der Waals surface area (Å²) in [6.07, 6.45) is 0. The molecule has 0 radical (unpaired) electrons. The van der Waals surface area contributed by atoms with Crippen molar-refractivity contribution in [3.63, 3.8) is 0 Å². The second-order valence-electron chi connectivity index (χ2n) is 4.63. The summed E-state index contributed by atoms with van der Waals surface area (Å²) in [4.78, 5) is 0.298. The van der Waals surface area contributed by atoms with Gasteiger partial charge in [-0.25, -0.2) is 8.42 Å². The average Bonchev–Trinajstić information content (AvgIpc) is 2.53. The molecule has 7 heteroatoms. The fourth-order valence-electron chi connectivity index (χ4n) is 1.82. The highest BCUT2D eigenvalue weighted by atomic mass is 32.2. The van der Waals surface area contributed by atoms with Crippen LogP contribution in [0.4, 0.5) is 0 Å². The molecular weight excluding hydrogens is 252 g/mol. The van der Waals surface area contributed by atoms with Gasteiger partial charge in [-0.3, -0.25) is 4.68 Å². The van der Waals surface area contributed by atoms with E-state index in [-0.39, 0.29) is 6.04 Å². The second kappa shape index (κ2) is 5.38. The fraction of sp³-hybridized carbons (Fsp3) is 0.727. The molecule has 1 aromatic rings. The van der Waals surface area contributed by atoms with Crippen LogP contribution in [0.2, 0.25) is 0 Å². The molecule has 0 amide bonds. The minimum atomic E-state index is -3.49. The third kappa shape index (κ3) is 2.57. The molecule has 18 heavy (non-hydrogen) atoms. The van der Waals surface area contributed by atoms with Gasteiger partial charge >= 0.3 is 0 Å². The minimum Gasteiger partial charge on any atom is -0.329 e. The molecule has 0 fully saturated rings. The maximum atomic E-state index is 12.5. The van der Waals surface area contributed by atoms with E-state index in [2.05, 4.69) is 5.10 Å². The lowest BCUT2D eigenvalue weighted by Gasteiger charge is -2.21. The summed E-state index contributed by atoms with van der Waals surface area (Å²) in [7, 11) is -1.91. The second-order valence-corrected chi connectivity index (χ2v) is 6.56. The number of nitrogens with two attached hydrogens (primary N) is 1. The topological polar surface area (TPSA) is 81.2 Å². The molecule has 0 aromatic carbocycles. The number of hydrogen-bond acceptors (Lipinski definition) is 4. The monoisotopic (exact) mass is 274 g/mol. The van der Waals surface area contributed by atoms with Crippen LogP contribution in [0, 0.1) is 13.8 Å². The molecule has 104 valence electrons. The molecule has 0 saturated carbocycles. The van der Waals surface area contributed by atoms with Gasteiger partial charge in [0.05, 0.1) is 17.9 Å². The Morgan fingerprint density at radius 3 is 2.39 bits per heavy atom. The highest BCUT2D eigenvalue weighted by Gasteiger charge is 2.29. The fourth-order valence-corrected chi connectivity index (χ4v) is 3.55. The van der Waals surface area contributed by atoms with Crippen molar-refractivity contribution in [3.05, 3.63) is 11.4 Å². The van der Waals surface area contributed by atoms with E-state index in [1.165, 1.54) is 4.31 Å². The van der Waals surface area contributed by atoms with Crippen LogP contribution in [0.3, 0.4) is 0 Å². The van der Waals surface area contributed by atoms with Crippen LogP contribution in [-0.4, -0.2) is 42.1 Å². The number of sulfonamides is 1. The number of nitrogens with zero attached hydrogens (tertiary/aromatic N) is 3. The van der Waals surface area contributed by atoms with E-state index in [1.54, 1.807) is 25.6 Å². The molecule has 0 saturated heterocycles. The molecule has 0 aliphatic carbocycles. The van der Waals surface area contributed by atoms with Crippen LogP contribution < -0.4 is 5.73 Å². The highest BCUT2D eigenvalue weighted by molar-refractivity contribution is 7.89. The van der Waals surface area contributed by atoms with Crippen molar-refractivity contribution in [3.8, 4) is 0 Å². The first kappa shape index (κ1) is 15.1. The van der Waals surface area contributed by atoms with Crippen molar-refractivity contribution in [2.75, 3.05) is 13.6 Å². The smallest absolute Gasteiger partial charge is 0.246 e. The highest BCUT2D eigenvalue weighted by Crippen LogP contribution is 2.23. The van der Waals surface area contributed by atoms with Gasteiger partial charge in [-0.2, -0.15) is 9.40 Å². The maximum absolute atomic E-state index is 12.5. The van der Waals surface area contributed by atoms with Gasteiger partial charge in [-0.1, -0.05) is 0 Å². The Morgan fingerprint density at radius 1 is 1.39 bits per heavy atom. The normalized spacial score (nSPS) is 12.7. The van der Waals surface area contributed by atoms with E-state index in [1.807, 2.05) is 13.8 Å². The third-order valence-electron chi connectivity index (χ3n) is 3.02. The zero-order valence-corrected chi connectivity index (χ0v) is 12.5. The molecule has 1 heterocycles. The van der Waals surface area contributed by atoms with Crippen molar-refractivity contribution in [1.29, 1.82) is 0 Å². The molecule has 0 spiro atoms. The average molecular weight is 274 g/mol. The number of rotatable bonds is 5. The van der Waals surface area contributed by atoms with E-state index < -0.39 is 10.0 Å². The van der Waals surface area contributed by atoms with Gasteiger partial charge in [-0.15, -0.1) is 0 Å². The van der Waals surface area contributed by atoms with Crippen molar-refractivity contribution in [1.82, 2.24) is 14.1 Å². The summed E-state index contributed by atoms with van der Waals surface area (Å²) in [5.74, 6) is 0. The van der Waals surface area contributed by atoms with E-state index >= 15 is 0 Å². The summed E-state index contributed by atoms with van der Waals surface area (Å²) >= 11 is 0. The van der Waals surface area contributed by atoms with E-state index in [4.69, 9.17) is 5.73 Å². The number of aryl methyl sites for hydroxylation is 1. The zero-order chi connectivity index (χ0) is 14.1. The van der Waals surface area contributed by atoms with Crippen LogP contribution in [0.1, 0.15) is 25.2 Å². The summed E-state index contributed by atoms with van der Waals surface area (Å²) in [6, 6.07) is -0.0911. The predicted molar refractivity (Wildman–Crippen MR) is 70.8 cm³/mol. The summed E-state index contributed by atoms with van der Waals surface area (Å²) in [5.41, 5.74) is 6.65. The molecule has 0 atom stereocenters. The molecule has 0 bridgehead atoms. The van der Waals surface area contributed by atoms with E-state index in [0.29, 0.717) is 29.4 Å². The Kier molecular flexibility index (Phi) is 4.52. The molecule has 0 unspecified atom stereocenters. The Balaban J connectivity index is 3.33.